The van der Waals surface area contributed by atoms with E-state index in [0.717, 1.165) is 67.5 Å². The van der Waals surface area contributed by atoms with E-state index in [4.69, 9.17) is 4.42 Å². The molecule has 5 heteroatoms. The van der Waals surface area contributed by atoms with Crippen molar-refractivity contribution in [2.75, 3.05) is 0 Å². The van der Waals surface area contributed by atoms with Crippen molar-refractivity contribution in [3.05, 3.63) is 126 Å². The first-order chi connectivity index (χ1) is 20.2. The van der Waals surface area contributed by atoms with E-state index in [1.54, 1.807) is 0 Å². The number of furan rings is 1. The van der Waals surface area contributed by atoms with E-state index in [1.165, 1.54) is 11.1 Å². The molecule has 7 rings (SSSR count). The predicted molar refractivity (Wildman–Crippen MR) is 172 cm³/mol. The normalized spacial score (nSPS) is 11.3. The van der Waals surface area contributed by atoms with Crippen LogP contribution in [-0.4, -0.2) is 15.0 Å². The Morgan fingerprint density at radius 2 is 1.56 bits per heavy atom. The summed E-state index contributed by atoms with van der Waals surface area (Å²) in [5.41, 5.74) is 10.2. The number of aryl methyl sites for hydroxylation is 2. The second-order valence-corrected chi connectivity index (χ2v) is 11.9. The van der Waals surface area contributed by atoms with Crippen LogP contribution in [0.1, 0.15) is 37.6 Å². The van der Waals surface area contributed by atoms with Gasteiger partial charge >= 0.3 is 0 Å². The zero-order chi connectivity index (χ0) is 29.3. The fourth-order valence-corrected chi connectivity index (χ4v) is 5.21. The maximum atomic E-state index is 6.42. The van der Waals surface area contributed by atoms with Crippen molar-refractivity contribution in [1.82, 2.24) is 15.0 Å². The number of hydrogen-bond donors (Lipinski definition) is 0. The first-order valence-corrected chi connectivity index (χ1v) is 14.2. The largest absolute Gasteiger partial charge is 0.500 e. The topological polar surface area (TPSA) is 51.8 Å². The van der Waals surface area contributed by atoms with Crippen molar-refractivity contribution in [1.29, 1.82) is 0 Å². The van der Waals surface area contributed by atoms with E-state index < -0.39 is 0 Å². The Hall–Kier alpha value is -4.18. The van der Waals surface area contributed by atoms with Crippen LogP contribution >= 0.6 is 0 Å². The van der Waals surface area contributed by atoms with Crippen molar-refractivity contribution >= 4 is 32.8 Å². The predicted octanol–water partition coefficient (Wildman–Crippen LogP) is 9.75. The molecule has 0 aliphatic carbocycles. The minimum absolute atomic E-state index is 0. The molecule has 0 amide bonds. The van der Waals surface area contributed by atoms with E-state index in [-0.39, 0.29) is 25.5 Å². The quantitative estimate of drug-likeness (QED) is 0.170. The number of rotatable bonds is 3. The molecule has 0 aliphatic rings. The molecule has 43 heavy (non-hydrogen) atoms. The van der Waals surface area contributed by atoms with Gasteiger partial charge in [-0.2, -0.15) is 0 Å². The van der Waals surface area contributed by atoms with Crippen molar-refractivity contribution in [3.8, 4) is 22.5 Å². The maximum Gasteiger partial charge on any atom is 0.130 e. The van der Waals surface area contributed by atoms with Gasteiger partial charge in [-0.3, -0.25) is 4.98 Å². The first kappa shape index (κ1) is 30.3. The van der Waals surface area contributed by atoms with E-state index in [2.05, 4.69) is 90.3 Å². The van der Waals surface area contributed by atoms with Gasteiger partial charge in [0.25, 0.3) is 0 Å². The van der Waals surface area contributed by atoms with Gasteiger partial charge in [0.05, 0.1) is 11.1 Å². The Morgan fingerprint density at radius 1 is 0.744 bits per heavy atom. The summed E-state index contributed by atoms with van der Waals surface area (Å²) in [5.74, 6) is 0. The van der Waals surface area contributed by atoms with Gasteiger partial charge in [0.15, 0.2) is 0 Å². The van der Waals surface area contributed by atoms with Crippen molar-refractivity contribution in [2.45, 2.75) is 41.0 Å². The Bertz CT molecular complexity index is 2010. The summed E-state index contributed by atoms with van der Waals surface area (Å²) < 4.78 is 6.42. The zero-order valence-corrected chi connectivity index (χ0v) is 27.4. The van der Waals surface area contributed by atoms with Crippen molar-refractivity contribution in [3.63, 3.8) is 0 Å². The van der Waals surface area contributed by atoms with Crippen LogP contribution in [0.3, 0.4) is 0 Å². The molecule has 0 aliphatic heterocycles. The fourth-order valence-electron chi connectivity index (χ4n) is 5.21. The van der Waals surface area contributed by atoms with Crippen LogP contribution in [0.4, 0.5) is 0 Å². The Morgan fingerprint density at radius 3 is 2.30 bits per heavy atom. The maximum absolute atomic E-state index is 6.42. The van der Waals surface area contributed by atoms with Crippen LogP contribution in [0, 0.1) is 31.4 Å². The summed E-state index contributed by atoms with van der Waals surface area (Å²) in [4.78, 5) is 13.6. The van der Waals surface area contributed by atoms with Crippen LogP contribution in [0.15, 0.2) is 102 Å². The minimum Gasteiger partial charge on any atom is -0.500 e. The van der Waals surface area contributed by atoms with Gasteiger partial charge in [0.2, 0.25) is 0 Å². The standard InChI is InChI=1S/C26H23N2O.C12H10N.Ir/c1-16-8-9-21-22(28-16)11-10-19-18-6-5-7-20(24(18)29-25(19)21)23-14-17(12-13-27-23)15-26(2,3)4;1-10-7-8-12(13-9-10)11-5-3-2-4-6-11;/h5-6,8-14H,15H2,1-4H3;2-5,7-9H,1H3;/q2*-1;. The van der Waals surface area contributed by atoms with Crippen LogP contribution in [0.25, 0.3) is 55.4 Å². The van der Waals surface area contributed by atoms with Gasteiger partial charge in [-0.25, -0.2) is 0 Å². The molecule has 0 fully saturated rings. The van der Waals surface area contributed by atoms with Crippen LogP contribution in [0.2, 0.25) is 0 Å². The van der Waals surface area contributed by atoms with Gasteiger partial charge in [0.1, 0.15) is 5.58 Å². The summed E-state index contributed by atoms with van der Waals surface area (Å²) in [6, 6.07) is 35.0. The van der Waals surface area contributed by atoms with Crippen LogP contribution in [-0.2, 0) is 26.5 Å². The summed E-state index contributed by atoms with van der Waals surface area (Å²) >= 11 is 0. The monoisotopic (exact) mass is 740 g/mol. The van der Waals surface area contributed by atoms with E-state index in [1.807, 2.05) is 68.7 Å². The molecule has 0 spiro atoms. The molecule has 7 aromatic rings. The second-order valence-electron chi connectivity index (χ2n) is 11.9. The smallest absolute Gasteiger partial charge is 0.130 e. The van der Waals surface area contributed by atoms with Gasteiger partial charge in [-0.15, -0.1) is 54.1 Å². The number of fused-ring (bicyclic) bond motifs is 5. The summed E-state index contributed by atoms with van der Waals surface area (Å²) in [6.07, 6.45) is 4.75. The van der Waals surface area contributed by atoms with Crippen LogP contribution in [0.5, 0.6) is 0 Å². The third-order valence-electron chi connectivity index (χ3n) is 7.12. The number of aromatic nitrogens is 3. The average molecular weight is 740 g/mol. The second kappa shape index (κ2) is 12.6. The molecule has 0 atom stereocenters. The van der Waals surface area contributed by atoms with Crippen molar-refractivity contribution < 1.29 is 24.5 Å². The van der Waals surface area contributed by atoms with Crippen LogP contribution < -0.4 is 0 Å². The molecule has 4 aromatic heterocycles. The number of nitrogens with zero attached hydrogens (tertiary/aromatic N) is 3. The van der Waals surface area contributed by atoms with E-state index in [9.17, 15) is 0 Å². The Balaban J connectivity index is 0.000000221. The van der Waals surface area contributed by atoms with Gasteiger partial charge in [0, 0.05) is 49.0 Å². The molecular formula is C38H33IrN3O-2. The van der Waals surface area contributed by atoms with Gasteiger partial charge in [-0.1, -0.05) is 55.5 Å². The molecule has 3 aromatic carbocycles. The SMILES string of the molecule is Cc1ccc(-c2[c-]cccc2)nc1.Cc1ccc2c(ccc3c4cc[c-]c(-c5cc(CC(C)(C)C)ccn5)c4oc23)n1.[Ir]. The molecule has 4 heterocycles. The molecule has 0 saturated carbocycles. The summed E-state index contributed by atoms with van der Waals surface area (Å²) in [6.45, 7) is 10.8. The molecule has 0 unspecified atom stereocenters. The first-order valence-electron chi connectivity index (χ1n) is 14.2. The zero-order valence-electron chi connectivity index (χ0n) is 25.0. The molecule has 0 bridgehead atoms. The summed E-state index contributed by atoms with van der Waals surface area (Å²) in [7, 11) is 0. The van der Waals surface area contributed by atoms with E-state index >= 15 is 0 Å². The number of hydrogen-bond acceptors (Lipinski definition) is 4. The molecule has 0 saturated heterocycles. The fraction of sp³-hybridized carbons (Fsp3) is 0.184. The molecule has 0 N–H and O–H groups in total. The third kappa shape index (κ3) is 6.74. The minimum atomic E-state index is 0. The molecular weight excluding hydrogens is 707 g/mol. The number of pyridine rings is 3. The molecule has 4 nitrogen and oxygen atoms in total. The summed E-state index contributed by atoms with van der Waals surface area (Å²) in [5, 5.41) is 3.21. The molecule has 1 radical (unpaired) electrons. The Kier molecular flexibility index (Phi) is 8.87. The van der Waals surface area contributed by atoms with Gasteiger partial charge in [-0.05, 0) is 73.0 Å². The molecule has 217 valence electrons. The number of benzene rings is 3. The Labute approximate surface area is 266 Å². The van der Waals surface area contributed by atoms with E-state index in [0.29, 0.717) is 0 Å². The third-order valence-corrected chi connectivity index (χ3v) is 7.12. The van der Waals surface area contributed by atoms with Gasteiger partial charge < -0.3 is 14.4 Å². The average Bonchev–Trinajstić information content (AvgIpc) is 3.37. The van der Waals surface area contributed by atoms with Crippen molar-refractivity contribution in [2.24, 2.45) is 5.41 Å².